The lowest BCUT2D eigenvalue weighted by Crippen LogP contribution is -2.32. The number of nitrogens with zero attached hydrogens (tertiary/aromatic N) is 5. The topological polar surface area (TPSA) is 63.9 Å². The lowest BCUT2D eigenvalue weighted by atomic mass is 10.3. The third-order valence-corrected chi connectivity index (χ3v) is 6.27. The summed E-state index contributed by atoms with van der Waals surface area (Å²) in [7, 11) is 0. The molecule has 0 radical (unpaired) electrons. The minimum atomic E-state index is 0.0374. The molecule has 0 spiro atoms. The first kappa shape index (κ1) is 18.4. The standard InChI is InChI=1S/C16H20ClN5OS2/c1-2-9-21(10-13-7-8-14(17)25-13)15(23)11-24-16-18-19-20-22(16)12-5-3-4-6-12/h2,7-8,12H,1,3-6,9-11H2. The summed E-state index contributed by atoms with van der Waals surface area (Å²) in [5, 5.41) is 12.7. The fourth-order valence-electron chi connectivity index (χ4n) is 2.91. The van der Waals surface area contributed by atoms with Crippen LogP contribution in [0.15, 0.2) is 29.9 Å². The molecule has 1 amide bonds. The molecule has 3 rings (SSSR count). The van der Waals surface area contributed by atoms with Crippen LogP contribution in [-0.4, -0.2) is 43.3 Å². The number of thioether (sulfide) groups is 1. The highest BCUT2D eigenvalue weighted by molar-refractivity contribution is 7.99. The zero-order valence-electron chi connectivity index (χ0n) is 13.8. The second-order valence-electron chi connectivity index (χ2n) is 5.90. The minimum absolute atomic E-state index is 0.0374. The van der Waals surface area contributed by atoms with Gasteiger partial charge in [-0.1, -0.05) is 42.3 Å². The van der Waals surface area contributed by atoms with Crippen LogP contribution in [0.1, 0.15) is 36.6 Å². The average molecular weight is 398 g/mol. The molecule has 1 aliphatic rings. The lowest BCUT2D eigenvalue weighted by Gasteiger charge is -2.20. The first-order chi connectivity index (χ1) is 12.2. The molecular formula is C16H20ClN5OS2. The molecule has 1 fully saturated rings. The molecular weight excluding hydrogens is 378 g/mol. The van der Waals surface area contributed by atoms with Crippen molar-refractivity contribution in [3.63, 3.8) is 0 Å². The molecule has 0 unspecified atom stereocenters. The van der Waals surface area contributed by atoms with E-state index in [0.717, 1.165) is 27.2 Å². The highest BCUT2D eigenvalue weighted by Gasteiger charge is 2.23. The number of thiophene rings is 1. The summed E-state index contributed by atoms with van der Waals surface area (Å²) in [5.41, 5.74) is 0. The summed E-state index contributed by atoms with van der Waals surface area (Å²) in [6.45, 7) is 4.79. The van der Waals surface area contributed by atoms with Crippen molar-refractivity contribution >= 4 is 40.6 Å². The van der Waals surface area contributed by atoms with Crippen molar-refractivity contribution in [2.75, 3.05) is 12.3 Å². The van der Waals surface area contributed by atoms with Crippen molar-refractivity contribution in [3.8, 4) is 0 Å². The number of aromatic nitrogens is 4. The maximum absolute atomic E-state index is 12.6. The Kier molecular flexibility index (Phi) is 6.50. The molecule has 0 N–H and O–H groups in total. The number of hydrogen-bond donors (Lipinski definition) is 0. The van der Waals surface area contributed by atoms with Crippen LogP contribution >= 0.6 is 34.7 Å². The van der Waals surface area contributed by atoms with Gasteiger partial charge in [0.1, 0.15) is 0 Å². The normalized spacial score (nSPS) is 14.8. The summed E-state index contributed by atoms with van der Waals surface area (Å²) >= 11 is 8.86. The van der Waals surface area contributed by atoms with Crippen molar-refractivity contribution in [2.45, 2.75) is 43.4 Å². The Balaban J connectivity index is 1.60. The minimum Gasteiger partial charge on any atom is -0.333 e. The molecule has 0 aliphatic heterocycles. The summed E-state index contributed by atoms with van der Waals surface area (Å²) in [4.78, 5) is 15.4. The number of hydrogen-bond acceptors (Lipinski definition) is 6. The van der Waals surface area contributed by atoms with Crippen molar-refractivity contribution < 1.29 is 4.79 Å². The molecule has 0 bridgehead atoms. The molecule has 2 heterocycles. The maximum Gasteiger partial charge on any atom is 0.233 e. The second-order valence-corrected chi connectivity index (χ2v) is 8.64. The van der Waals surface area contributed by atoms with Gasteiger partial charge in [0.2, 0.25) is 11.1 Å². The molecule has 6 nitrogen and oxygen atoms in total. The van der Waals surface area contributed by atoms with Crippen molar-refractivity contribution in [1.82, 2.24) is 25.1 Å². The second kappa shape index (κ2) is 8.82. The van der Waals surface area contributed by atoms with Gasteiger partial charge in [-0.25, -0.2) is 4.68 Å². The Morgan fingerprint density at radius 3 is 2.96 bits per heavy atom. The van der Waals surface area contributed by atoms with Crippen LogP contribution < -0.4 is 0 Å². The number of carbonyl (C=O) groups excluding carboxylic acids is 1. The van der Waals surface area contributed by atoms with E-state index in [9.17, 15) is 4.79 Å². The molecule has 0 saturated heterocycles. The van der Waals surface area contributed by atoms with Gasteiger partial charge in [0.25, 0.3) is 0 Å². The van der Waals surface area contributed by atoms with E-state index in [0.29, 0.717) is 24.9 Å². The third-order valence-electron chi connectivity index (χ3n) is 4.14. The smallest absolute Gasteiger partial charge is 0.233 e. The quantitative estimate of drug-likeness (QED) is 0.500. The van der Waals surface area contributed by atoms with Gasteiger partial charge in [0.05, 0.1) is 22.7 Å². The van der Waals surface area contributed by atoms with E-state index in [2.05, 4.69) is 22.1 Å². The predicted octanol–water partition coefficient (Wildman–Crippen LogP) is 3.81. The van der Waals surface area contributed by atoms with E-state index < -0.39 is 0 Å². The van der Waals surface area contributed by atoms with E-state index in [1.807, 2.05) is 16.8 Å². The number of rotatable bonds is 8. The fourth-order valence-corrected chi connectivity index (χ4v) is 4.86. The number of halogens is 1. The van der Waals surface area contributed by atoms with Crippen LogP contribution in [0.3, 0.4) is 0 Å². The molecule has 1 saturated carbocycles. The van der Waals surface area contributed by atoms with Gasteiger partial charge in [-0.15, -0.1) is 23.0 Å². The van der Waals surface area contributed by atoms with Gasteiger partial charge in [-0.05, 0) is 35.4 Å². The van der Waals surface area contributed by atoms with Crippen molar-refractivity contribution in [3.05, 3.63) is 34.0 Å². The monoisotopic (exact) mass is 397 g/mol. The van der Waals surface area contributed by atoms with E-state index in [1.165, 1.54) is 35.9 Å². The van der Waals surface area contributed by atoms with Crippen LogP contribution in [0.25, 0.3) is 0 Å². The largest absolute Gasteiger partial charge is 0.333 e. The van der Waals surface area contributed by atoms with Crippen LogP contribution in [0.4, 0.5) is 0 Å². The number of carbonyl (C=O) groups is 1. The summed E-state index contributed by atoms with van der Waals surface area (Å²) in [5.74, 6) is 0.343. The van der Waals surface area contributed by atoms with Crippen LogP contribution in [-0.2, 0) is 11.3 Å². The van der Waals surface area contributed by atoms with Crippen LogP contribution in [0.2, 0.25) is 4.34 Å². The third kappa shape index (κ3) is 4.83. The molecule has 1 aliphatic carbocycles. The molecule has 9 heteroatoms. The van der Waals surface area contributed by atoms with Gasteiger partial charge < -0.3 is 4.90 Å². The fraction of sp³-hybridized carbons (Fsp3) is 0.500. The number of amides is 1. The Morgan fingerprint density at radius 2 is 2.28 bits per heavy atom. The highest BCUT2D eigenvalue weighted by Crippen LogP contribution is 2.31. The molecule has 25 heavy (non-hydrogen) atoms. The van der Waals surface area contributed by atoms with Gasteiger partial charge in [0, 0.05) is 11.4 Å². The molecule has 2 aromatic rings. The Hall–Kier alpha value is -1.38. The molecule has 0 atom stereocenters. The first-order valence-electron chi connectivity index (χ1n) is 8.21. The molecule has 2 aromatic heterocycles. The van der Waals surface area contributed by atoms with Crippen molar-refractivity contribution in [2.24, 2.45) is 0 Å². The van der Waals surface area contributed by atoms with Gasteiger partial charge in [-0.2, -0.15) is 0 Å². The van der Waals surface area contributed by atoms with Gasteiger partial charge >= 0.3 is 0 Å². The van der Waals surface area contributed by atoms with E-state index in [-0.39, 0.29) is 5.91 Å². The highest BCUT2D eigenvalue weighted by atomic mass is 35.5. The summed E-state index contributed by atoms with van der Waals surface area (Å²) in [6.07, 6.45) is 6.37. The Labute approximate surface area is 160 Å². The van der Waals surface area contributed by atoms with Crippen molar-refractivity contribution in [1.29, 1.82) is 0 Å². The van der Waals surface area contributed by atoms with E-state index in [4.69, 9.17) is 11.6 Å². The summed E-state index contributed by atoms with van der Waals surface area (Å²) < 4.78 is 2.60. The van der Waals surface area contributed by atoms with Crippen LogP contribution in [0, 0.1) is 0 Å². The molecule has 134 valence electrons. The predicted molar refractivity (Wildman–Crippen MR) is 101 cm³/mol. The maximum atomic E-state index is 12.6. The SMILES string of the molecule is C=CCN(Cc1ccc(Cl)s1)C(=O)CSc1nnnn1C1CCCC1. The average Bonchev–Trinajstić information content (AvgIpc) is 3.33. The lowest BCUT2D eigenvalue weighted by molar-refractivity contribution is -0.128. The van der Waals surface area contributed by atoms with E-state index >= 15 is 0 Å². The van der Waals surface area contributed by atoms with E-state index in [1.54, 1.807) is 11.0 Å². The van der Waals surface area contributed by atoms with Crippen LogP contribution in [0.5, 0.6) is 0 Å². The Bertz CT molecular complexity index is 726. The first-order valence-corrected chi connectivity index (χ1v) is 10.4. The zero-order valence-corrected chi connectivity index (χ0v) is 16.2. The summed E-state index contributed by atoms with van der Waals surface area (Å²) in [6, 6.07) is 4.16. The number of tetrazole rings is 1. The molecule has 0 aromatic carbocycles. The zero-order chi connectivity index (χ0) is 17.6. The van der Waals surface area contributed by atoms with Gasteiger partial charge in [0.15, 0.2) is 0 Å². The van der Waals surface area contributed by atoms with Gasteiger partial charge in [-0.3, -0.25) is 4.79 Å². The Morgan fingerprint density at radius 1 is 1.48 bits per heavy atom.